The van der Waals surface area contributed by atoms with Crippen molar-refractivity contribution in [2.24, 2.45) is 13.0 Å². The van der Waals surface area contributed by atoms with Crippen molar-refractivity contribution >= 4 is 17.5 Å². The lowest BCUT2D eigenvalue weighted by Crippen LogP contribution is -2.48. The van der Waals surface area contributed by atoms with Gasteiger partial charge in [0.15, 0.2) is 0 Å². The van der Waals surface area contributed by atoms with Crippen molar-refractivity contribution in [1.29, 1.82) is 0 Å². The van der Waals surface area contributed by atoms with E-state index in [1.807, 2.05) is 16.5 Å². The first kappa shape index (κ1) is 16.8. The highest BCUT2D eigenvalue weighted by atomic mass is 35.5. The monoisotopic (exact) mass is 338 g/mol. The highest BCUT2D eigenvalue weighted by Crippen LogP contribution is 2.28. The maximum absolute atomic E-state index is 12.4. The minimum atomic E-state index is 0.344. The van der Waals surface area contributed by atoms with Gasteiger partial charge in [-0.1, -0.05) is 37.3 Å². The Hall–Kier alpha value is -1.07. The zero-order valence-corrected chi connectivity index (χ0v) is 14.8. The Bertz CT molecular complexity index is 531. The fourth-order valence-corrected chi connectivity index (χ4v) is 3.86. The summed E-state index contributed by atoms with van der Waals surface area (Å²) in [7, 11) is 1.94. The lowest BCUT2D eigenvalue weighted by atomic mass is 10.0. The molecule has 0 unspecified atom stereocenters. The highest BCUT2D eigenvalue weighted by Gasteiger charge is 2.23. The van der Waals surface area contributed by atoms with Crippen LogP contribution in [0.1, 0.15) is 44.3 Å². The van der Waals surface area contributed by atoms with E-state index >= 15 is 0 Å². The molecule has 6 heteroatoms. The van der Waals surface area contributed by atoms with Crippen molar-refractivity contribution in [2.75, 3.05) is 26.2 Å². The summed E-state index contributed by atoms with van der Waals surface area (Å²) in [6.07, 6.45) is 8.88. The first-order valence-corrected chi connectivity index (χ1v) is 9.17. The fraction of sp³-hybridized carbons (Fsp3) is 0.765. The van der Waals surface area contributed by atoms with Gasteiger partial charge in [0.1, 0.15) is 11.0 Å². The zero-order valence-electron chi connectivity index (χ0n) is 14.0. The lowest BCUT2D eigenvalue weighted by Gasteiger charge is -2.34. The quantitative estimate of drug-likeness (QED) is 0.829. The van der Waals surface area contributed by atoms with Crippen LogP contribution in [0.3, 0.4) is 0 Å². The number of hydrogen-bond donors (Lipinski definition) is 0. The molecular formula is C17H27ClN4O. The number of halogens is 1. The van der Waals surface area contributed by atoms with E-state index in [0.29, 0.717) is 11.1 Å². The van der Waals surface area contributed by atoms with E-state index in [9.17, 15) is 4.79 Å². The van der Waals surface area contributed by atoms with Crippen LogP contribution in [0.5, 0.6) is 0 Å². The number of rotatable bonds is 5. The molecule has 1 aromatic rings. The molecule has 128 valence electrons. The number of amides is 1. The van der Waals surface area contributed by atoms with Crippen LogP contribution < -0.4 is 0 Å². The summed E-state index contributed by atoms with van der Waals surface area (Å²) in [5, 5.41) is 0.667. The Morgan fingerprint density at radius 3 is 2.57 bits per heavy atom. The van der Waals surface area contributed by atoms with Gasteiger partial charge >= 0.3 is 0 Å². The van der Waals surface area contributed by atoms with Crippen molar-refractivity contribution in [1.82, 2.24) is 19.4 Å². The number of aromatic nitrogens is 2. The highest BCUT2D eigenvalue weighted by molar-refractivity contribution is 6.29. The van der Waals surface area contributed by atoms with Crippen molar-refractivity contribution in [3.05, 3.63) is 17.2 Å². The summed E-state index contributed by atoms with van der Waals surface area (Å²) in [4.78, 5) is 21.1. The summed E-state index contributed by atoms with van der Waals surface area (Å²) >= 11 is 6.03. The SMILES string of the molecule is Cn1c(Cl)cnc1CN1CCN(C(=O)CCC2CCCC2)CC1. The number of imidazole rings is 1. The van der Waals surface area contributed by atoms with Crippen molar-refractivity contribution in [2.45, 2.75) is 45.1 Å². The van der Waals surface area contributed by atoms with Gasteiger partial charge in [-0.15, -0.1) is 0 Å². The molecule has 1 aliphatic heterocycles. The summed E-state index contributed by atoms with van der Waals surface area (Å²) in [5.41, 5.74) is 0. The number of piperazine rings is 1. The third-order valence-electron chi connectivity index (χ3n) is 5.36. The second kappa shape index (κ2) is 7.67. The van der Waals surface area contributed by atoms with E-state index in [4.69, 9.17) is 11.6 Å². The van der Waals surface area contributed by atoms with Crippen LogP contribution in [0.25, 0.3) is 0 Å². The van der Waals surface area contributed by atoms with Gasteiger partial charge in [-0.3, -0.25) is 9.69 Å². The van der Waals surface area contributed by atoms with Gasteiger partial charge in [-0.05, 0) is 12.3 Å². The van der Waals surface area contributed by atoms with Crippen LogP contribution in [0.4, 0.5) is 0 Å². The van der Waals surface area contributed by atoms with Gasteiger partial charge in [-0.25, -0.2) is 4.98 Å². The summed E-state index contributed by atoms with van der Waals surface area (Å²) in [6, 6.07) is 0. The summed E-state index contributed by atoms with van der Waals surface area (Å²) < 4.78 is 1.92. The van der Waals surface area contributed by atoms with Crippen LogP contribution in [0, 0.1) is 5.92 Å². The van der Waals surface area contributed by atoms with Crippen LogP contribution >= 0.6 is 11.6 Å². The number of carbonyl (C=O) groups is 1. The average Bonchev–Trinajstić information content (AvgIpc) is 3.19. The van der Waals surface area contributed by atoms with Crippen molar-refractivity contribution < 1.29 is 4.79 Å². The smallest absolute Gasteiger partial charge is 0.222 e. The van der Waals surface area contributed by atoms with E-state index in [1.165, 1.54) is 25.7 Å². The van der Waals surface area contributed by atoms with Gasteiger partial charge in [0.25, 0.3) is 0 Å². The van der Waals surface area contributed by atoms with E-state index in [1.54, 1.807) is 6.20 Å². The maximum atomic E-state index is 12.4. The molecule has 23 heavy (non-hydrogen) atoms. The van der Waals surface area contributed by atoms with Crippen molar-refractivity contribution in [3.8, 4) is 0 Å². The first-order valence-electron chi connectivity index (χ1n) is 8.79. The van der Waals surface area contributed by atoms with E-state index < -0.39 is 0 Å². The number of hydrogen-bond acceptors (Lipinski definition) is 3. The first-order chi connectivity index (χ1) is 11.1. The maximum Gasteiger partial charge on any atom is 0.222 e. The molecule has 0 atom stereocenters. The second-order valence-electron chi connectivity index (χ2n) is 6.90. The summed E-state index contributed by atoms with van der Waals surface area (Å²) in [5.74, 6) is 2.13. The molecular weight excluding hydrogens is 312 g/mol. The molecule has 0 radical (unpaired) electrons. The molecule has 5 nitrogen and oxygen atoms in total. The van der Waals surface area contributed by atoms with Gasteiger partial charge < -0.3 is 9.47 Å². The zero-order chi connectivity index (χ0) is 16.2. The second-order valence-corrected chi connectivity index (χ2v) is 7.29. The van der Waals surface area contributed by atoms with Gasteiger partial charge in [-0.2, -0.15) is 0 Å². The molecule has 0 aromatic carbocycles. The number of carbonyl (C=O) groups excluding carboxylic acids is 1. The predicted molar refractivity (Wildman–Crippen MR) is 91.3 cm³/mol. The molecule has 2 fully saturated rings. The molecule has 0 bridgehead atoms. The molecule has 2 aliphatic rings. The predicted octanol–water partition coefficient (Wildman–Crippen LogP) is 2.69. The van der Waals surface area contributed by atoms with Crippen LogP contribution in [0.2, 0.25) is 5.15 Å². The molecule has 1 amide bonds. The Labute approximate surface area is 143 Å². The van der Waals surface area contributed by atoms with E-state index in [0.717, 1.165) is 57.3 Å². The van der Waals surface area contributed by atoms with Crippen molar-refractivity contribution in [3.63, 3.8) is 0 Å². The average molecular weight is 339 g/mol. The third-order valence-corrected chi connectivity index (χ3v) is 5.71. The minimum Gasteiger partial charge on any atom is -0.340 e. The molecule has 1 aromatic heterocycles. The Morgan fingerprint density at radius 2 is 1.96 bits per heavy atom. The van der Waals surface area contributed by atoms with E-state index in [-0.39, 0.29) is 0 Å². The Kier molecular flexibility index (Phi) is 5.59. The normalized spacial score (nSPS) is 20.3. The molecule has 1 saturated carbocycles. The van der Waals surface area contributed by atoms with Crippen LogP contribution in [-0.2, 0) is 18.4 Å². The Balaban J connectivity index is 1.40. The molecule has 0 spiro atoms. The van der Waals surface area contributed by atoms with Crippen LogP contribution in [-0.4, -0.2) is 51.4 Å². The van der Waals surface area contributed by atoms with Crippen LogP contribution in [0.15, 0.2) is 6.20 Å². The summed E-state index contributed by atoms with van der Waals surface area (Å²) in [6.45, 7) is 4.30. The molecule has 1 aliphatic carbocycles. The van der Waals surface area contributed by atoms with Gasteiger partial charge in [0.2, 0.25) is 5.91 Å². The molecule has 2 heterocycles. The largest absolute Gasteiger partial charge is 0.340 e. The topological polar surface area (TPSA) is 41.4 Å². The third kappa shape index (κ3) is 4.27. The number of nitrogens with zero attached hydrogens (tertiary/aromatic N) is 4. The molecule has 3 rings (SSSR count). The Morgan fingerprint density at radius 1 is 1.26 bits per heavy atom. The molecule has 0 N–H and O–H groups in total. The lowest BCUT2D eigenvalue weighted by molar-refractivity contribution is -0.133. The minimum absolute atomic E-state index is 0.344. The van der Waals surface area contributed by atoms with E-state index in [2.05, 4.69) is 9.88 Å². The van der Waals surface area contributed by atoms with Gasteiger partial charge in [0, 0.05) is 39.6 Å². The van der Waals surface area contributed by atoms with Gasteiger partial charge in [0.05, 0.1) is 12.7 Å². The fourth-order valence-electron chi connectivity index (χ4n) is 3.71. The standard InChI is InChI=1S/C17H27ClN4O/c1-20-15(18)12-19-16(20)13-21-8-10-22(11-9-21)17(23)7-6-14-4-2-3-5-14/h12,14H,2-11,13H2,1H3. The molecule has 1 saturated heterocycles.